The van der Waals surface area contributed by atoms with Crippen molar-refractivity contribution in [2.45, 2.75) is 59.0 Å². The molecule has 0 unspecified atom stereocenters. The molecule has 0 bridgehead atoms. The zero-order chi connectivity index (χ0) is 26.6. The van der Waals surface area contributed by atoms with Gasteiger partial charge in [-0.2, -0.15) is 0 Å². The molecule has 0 aliphatic carbocycles. The smallest absolute Gasteiger partial charge is 0.407 e. The van der Waals surface area contributed by atoms with Crippen LogP contribution in [0.15, 0.2) is 36.4 Å². The Morgan fingerprint density at radius 1 is 1.16 bits per heavy atom. The average Bonchev–Trinajstić information content (AvgIpc) is 3.31. The van der Waals surface area contributed by atoms with E-state index in [0.29, 0.717) is 56.1 Å². The molecule has 2 heterocycles. The van der Waals surface area contributed by atoms with Gasteiger partial charge in [-0.25, -0.2) is 9.18 Å². The molecule has 2 aliphatic heterocycles. The van der Waals surface area contributed by atoms with Crippen molar-refractivity contribution >= 4 is 23.4 Å². The monoisotopic (exact) mass is 511 g/mol. The first kappa shape index (κ1) is 26.8. The topological polar surface area (TPSA) is 71.1 Å². The van der Waals surface area contributed by atoms with Crippen LogP contribution < -0.4 is 19.9 Å². The van der Waals surface area contributed by atoms with E-state index in [4.69, 9.17) is 9.47 Å². The van der Waals surface area contributed by atoms with Crippen LogP contribution in [0, 0.1) is 11.7 Å². The third-order valence-corrected chi connectivity index (χ3v) is 6.73. The first-order valence-electron chi connectivity index (χ1n) is 13.2. The van der Waals surface area contributed by atoms with Gasteiger partial charge in [0.1, 0.15) is 17.2 Å². The quantitative estimate of drug-likeness (QED) is 0.470. The van der Waals surface area contributed by atoms with Crippen molar-refractivity contribution in [2.75, 3.05) is 42.6 Å². The molecule has 2 aliphatic rings. The molecule has 1 fully saturated rings. The van der Waals surface area contributed by atoms with Crippen LogP contribution in [-0.2, 0) is 11.2 Å². The van der Waals surface area contributed by atoms with Crippen LogP contribution in [0.2, 0.25) is 0 Å². The Hall–Kier alpha value is -3.29. The predicted octanol–water partition coefficient (Wildman–Crippen LogP) is 5.56. The molecule has 2 aromatic carbocycles. The molecule has 1 N–H and O–H groups in total. The number of benzene rings is 2. The Kier molecular flexibility index (Phi) is 8.25. The van der Waals surface area contributed by atoms with E-state index in [2.05, 4.69) is 12.2 Å². The Morgan fingerprint density at radius 2 is 1.97 bits per heavy atom. The van der Waals surface area contributed by atoms with Gasteiger partial charge in [0.15, 0.2) is 0 Å². The maximum Gasteiger partial charge on any atom is 0.407 e. The molecule has 200 valence electrons. The van der Waals surface area contributed by atoms with Crippen molar-refractivity contribution in [1.82, 2.24) is 5.32 Å². The van der Waals surface area contributed by atoms with E-state index >= 15 is 4.39 Å². The summed E-state index contributed by atoms with van der Waals surface area (Å²) >= 11 is 0. The van der Waals surface area contributed by atoms with E-state index in [-0.39, 0.29) is 17.6 Å². The number of carbonyl (C=O) groups is 2. The fourth-order valence-electron chi connectivity index (χ4n) is 4.82. The molecule has 2 aromatic rings. The van der Waals surface area contributed by atoms with Gasteiger partial charge in [-0.15, -0.1) is 0 Å². The summed E-state index contributed by atoms with van der Waals surface area (Å²) in [6.07, 6.45) is 3.16. The minimum atomic E-state index is -0.542. The summed E-state index contributed by atoms with van der Waals surface area (Å²) in [6, 6.07) is 10.6. The number of unbranched alkanes of at least 4 members (excludes halogenated alkanes) is 1. The van der Waals surface area contributed by atoms with Crippen molar-refractivity contribution in [3.8, 4) is 5.75 Å². The second-order valence-corrected chi connectivity index (χ2v) is 10.8. The number of rotatable bonds is 8. The van der Waals surface area contributed by atoms with E-state index in [0.717, 1.165) is 30.6 Å². The number of nitrogens with one attached hydrogen (secondary N) is 1. The van der Waals surface area contributed by atoms with Crippen molar-refractivity contribution in [1.29, 1.82) is 0 Å². The maximum atomic E-state index is 15.2. The molecule has 0 saturated carbocycles. The Morgan fingerprint density at radius 3 is 2.70 bits per heavy atom. The fourth-order valence-corrected chi connectivity index (χ4v) is 4.82. The van der Waals surface area contributed by atoms with Crippen LogP contribution in [0.25, 0.3) is 0 Å². The van der Waals surface area contributed by atoms with Crippen molar-refractivity contribution in [2.24, 2.45) is 5.92 Å². The molecule has 4 rings (SSSR count). The average molecular weight is 512 g/mol. The molecule has 8 heteroatoms. The summed E-state index contributed by atoms with van der Waals surface area (Å²) in [4.78, 5) is 28.8. The highest BCUT2D eigenvalue weighted by Crippen LogP contribution is 2.32. The molecule has 7 nitrogen and oxygen atoms in total. The standard InChI is InChI=1S/C29H38FN3O4/c1-5-6-15-36-23-8-9-24-21(16-23)12-14-33(27(24)34)22-7-10-26(25(30)17-22)32-13-11-20(19-32)18-31-28(35)37-29(2,3)4/h7-10,16-17,20H,5-6,11-15,18-19H2,1-4H3,(H,31,35)/t20-/m1/s1. The van der Waals surface area contributed by atoms with Gasteiger partial charge >= 0.3 is 6.09 Å². The molecule has 37 heavy (non-hydrogen) atoms. The van der Waals surface area contributed by atoms with Crippen LogP contribution in [0.3, 0.4) is 0 Å². The number of fused-ring (bicyclic) bond motifs is 1. The van der Waals surface area contributed by atoms with E-state index in [1.807, 2.05) is 49.9 Å². The SMILES string of the molecule is CCCCOc1ccc2c(c1)CCN(c1ccc(N3CC[C@H](CNC(=O)OC(C)(C)C)C3)c(F)c1)C2=O. The first-order chi connectivity index (χ1) is 17.6. The van der Waals surface area contributed by atoms with Crippen molar-refractivity contribution < 1.29 is 23.5 Å². The number of halogens is 1. The second-order valence-electron chi connectivity index (χ2n) is 10.8. The lowest BCUT2D eigenvalue weighted by molar-refractivity contribution is 0.0520. The molecule has 0 radical (unpaired) electrons. The molecule has 0 spiro atoms. The molecule has 1 saturated heterocycles. The molecule has 1 atom stereocenters. The minimum absolute atomic E-state index is 0.122. The molecule has 0 aromatic heterocycles. The summed E-state index contributed by atoms with van der Waals surface area (Å²) in [7, 11) is 0. The normalized spacial score (nSPS) is 17.5. The number of ether oxygens (including phenoxy) is 2. The predicted molar refractivity (Wildman–Crippen MR) is 143 cm³/mol. The lowest BCUT2D eigenvalue weighted by atomic mass is 9.98. The number of nitrogens with zero attached hydrogens (tertiary/aromatic N) is 2. The van der Waals surface area contributed by atoms with E-state index in [1.54, 1.807) is 11.0 Å². The van der Waals surface area contributed by atoms with Gasteiger partial charge in [0.2, 0.25) is 0 Å². The van der Waals surface area contributed by atoms with E-state index < -0.39 is 11.7 Å². The third kappa shape index (κ3) is 6.73. The fraction of sp³-hybridized carbons (Fsp3) is 0.517. The zero-order valence-corrected chi connectivity index (χ0v) is 22.3. The van der Waals surface area contributed by atoms with Crippen molar-refractivity contribution in [3.63, 3.8) is 0 Å². The van der Waals surface area contributed by atoms with Crippen LogP contribution in [-0.4, -0.2) is 50.4 Å². The van der Waals surface area contributed by atoms with Crippen molar-refractivity contribution in [3.05, 3.63) is 53.3 Å². The summed E-state index contributed by atoms with van der Waals surface area (Å²) in [5.74, 6) is 0.524. The third-order valence-electron chi connectivity index (χ3n) is 6.73. The number of hydrogen-bond acceptors (Lipinski definition) is 5. The van der Waals surface area contributed by atoms with Crippen LogP contribution in [0.5, 0.6) is 5.75 Å². The lowest BCUT2D eigenvalue weighted by Crippen LogP contribution is -2.37. The molecular weight excluding hydrogens is 473 g/mol. The molecular formula is C29H38FN3O4. The van der Waals surface area contributed by atoms with Gasteiger partial charge < -0.3 is 24.6 Å². The van der Waals surface area contributed by atoms with Crippen LogP contribution in [0.1, 0.15) is 62.9 Å². The van der Waals surface area contributed by atoms with Gasteiger partial charge in [0.05, 0.1) is 12.3 Å². The summed E-state index contributed by atoms with van der Waals surface area (Å²) in [5.41, 5.74) is 2.14. The van der Waals surface area contributed by atoms with E-state index in [9.17, 15) is 9.59 Å². The highest BCUT2D eigenvalue weighted by molar-refractivity contribution is 6.08. The van der Waals surface area contributed by atoms with Crippen LogP contribution in [0.4, 0.5) is 20.6 Å². The number of carbonyl (C=O) groups excluding carboxylic acids is 2. The first-order valence-corrected chi connectivity index (χ1v) is 13.2. The number of hydrogen-bond donors (Lipinski definition) is 1. The highest BCUT2D eigenvalue weighted by Gasteiger charge is 2.29. The number of amides is 2. The lowest BCUT2D eigenvalue weighted by Gasteiger charge is -2.29. The second kappa shape index (κ2) is 11.4. The Bertz CT molecular complexity index is 1130. The maximum absolute atomic E-state index is 15.2. The molecule has 2 amide bonds. The van der Waals surface area contributed by atoms with Crippen LogP contribution >= 0.6 is 0 Å². The number of alkyl carbamates (subject to hydrolysis) is 1. The van der Waals surface area contributed by atoms with Gasteiger partial charge in [0.25, 0.3) is 5.91 Å². The summed E-state index contributed by atoms with van der Waals surface area (Å²) in [6.45, 7) is 10.6. The Balaban J connectivity index is 1.36. The van der Waals surface area contributed by atoms with Gasteiger partial charge in [-0.1, -0.05) is 13.3 Å². The zero-order valence-electron chi connectivity index (χ0n) is 22.3. The largest absolute Gasteiger partial charge is 0.494 e. The number of anilines is 2. The van der Waals surface area contributed by atoms with Gasteiger partial charge in [-0.3, -0.25) is 4.79 Å². The summed E-state index contributed by atoms with van der Waals surface area (Å²) < 4.78 is 26.3. The van der Waals surface area contributed by atoms with Gasteiger partial charge in [-0.05, 0) is 87.9 Å². The highest BCUT2D eigenvalue weighted by atomic mass is 19.1. The van der Waals surface area contributed by atoms with E-state index in [1.165, 1.54) is 6.07 Å². The summed E-state index contributed by atoms with van der Waals surface area (Å²) in [5, 5.41) is 2.82. The Labute approximate surface area is 218 Å². The minimum Gasteiger partial charge on any atom is -0.494 e. The van der Waals surface area contributed by atoms with Gasteiger partial charge in [0, 0.05) is 37.4 Å².